The van der Waals surface area contributed by atoms with Gasteiger partial charge in [0.15, 0.2) is 0 Å². The van der Waals surface area contributed by atoms with Crippen molar-refractivity contribution in [2.75, 3.05) is 9.80 Å². The van der Waals surface area contributed by atoms with E-state index in [9.17, 15) is 0 Å². The summed E-state index contributed by atoms with van der Waals surface area (Å²) in [7, 11) is 0. The topological polar surface area (TPSA) is 6.48 Å². The summed E-state index contributed by atoms with van der Waals surface area (Å²) in [5.74, 6) is 0. The van der Waals surface area contributed by atoms with Crippen molar-refractivity contribution in [3.8, 4) is 11.1 Å². The van der Waals surface area contributed by atoms with Gasteiger partial charge in [-0.3, -0.25) is 0 Å². The number of thioether (sulfide) groups is 1. The summed E-state index contributed by atoms with van der Waals surface area (Å²) in [5, 5.41) is 2.46. The predicted octanol–water partition coefficient (Wildman–Crippen LogP) is 16.6. The van der Waals surface area contributed by atoms with Gasteiger partial charge in [-0.2, -0.15) is 0 Å². The Labute approximate surface area is 378 Å². The molecule has 4 heteroatoms. The van der Waals surface area contributed by atoms with Gasteiger partial charge in [0.25, 0.3) is 0 Å². The standard InChI is InChI=1S/C59H44N2S2/c1-3-4-5-20-51-39(2)62-56-24-13-12-23-55(56)61(51)52-34-30-41(45-18-8-9-19-48(45)52)29-27-40-28-32-46-47-33-31-44(60-53-21-10-14-25-57(53)63-58-26-15-11-22-54(58)60)36-50(47)59(49(46)35-40)37-42-16-6-7-17-43(42)38-59/h3,5-36H,1,4,37-38H2,2H3/b20-5-,29-27+. The third-order valence-corrected chi connectivity index (χ3v) is 15.6. The minimum atomic E-state index is -0.154. The molecule has 12 rings (SSSR count). The van der Waals surface area contributed by atoms with Gasteiger partial charge in [-0.15, -0.1) is 6.58 Å². The molecule has 0 atom stereocenters. The van der Waals surface area contributed by atoms with Crippen molar-refractivity contribution >= 4 is 74.9 Å². The van der Waals surface area contributed by atoms with Crippen LogP contribution in [0, 0.1) is 0 Å². The Morgan fingerprint density at radius 2 is 1.13 bits per heavy atom. The molecule has 63 heavy (non-hydrogen) atoms. The Morgan fingerprint density at radius 1 is 0.540 bits per heavy atom. The molecule has 0 saturated heterocycles. The van der Waals surface area contributed by atoms with Gasteiger partial charge in [0, 0.05) is 36.1 Å². The van der Waals surface area contributed by atoms with Crippen molar-refractivity contribution in [1.29, 1.82) is 0 Å². The third-order valence-electron chi connectivity index (χ3n) is 13.3. The second-order valence-electron chi connectivity index (χ2n) is 16.9. The normalized spacial score (nSPS) is 15.4. The quantitative estimate of drug-likeness (QED) is 0.116. The number of fused-ring (bicyclic) bond motifs is 10. The summed E-state index contributed by atoms with van der Waals surface area (Å²) < 4.78 is 0. The molecule has 2 heterocycles. The second-order valence-corrected chi connectivity index (χ2v) is 19.3. The molecule has 2 aliphatic carbocycles. The first kappa shape index (κ1) is 38.0. The molecule has 8 aromatic carbocycles. The predicted molar refractivity (Wildman–Crippen MR) is 269 cm³/mol. The van der Waals surface area contributed by atoms with Crippen molar-refractivity contribution in [3.63, 3.8) is 0 Å². The minimum Gasteiger partial charge on any atom is -0.308 e. The van der Waals surface area contributed by atoms with E-state index in [1.54, 1.807) is 0 Å². The molecule has 0 N–H and O–H groups in total. The fourth-order valence-electron chi connectivity index (χ4n) is 10.5. The van der Waals surface area contributed by atoms with E-state index in [0.717, 1.165) is 19.3 Å². The van der Waals surface area contributed by atoms with Crippen molar-refractivity contribution in [2.45, 2.75) is 46.3 Å². The van der Waals surface area contributed by atoms with E-state index < -0.39 is 0 Å². The molecule has 0 aromatic heterocycles. The average molecular weight is 845 g/mol. The number of allylic oxidation sites excluding steroid dienone is 4. The van der Waals surface area contributed by atoms with Gasteiger partial charge in [-0.05, 0) is 137 Å². The molecule has 0 unspecified atom stereocenters. The van der Waals surface area contributed by atoms with E-state index in [2.05, 4.69) is 217 Å². The van der Waals surface area contributed by atoms with E-state index in [0.29, 0.717) is 0 Å². The molecule has 0 amide bonds. The van der Waals surface area contributed by atoms with Gasteiger partial charge in [-0.25, -0.2) is 0 Å². The maximum Gasteiger partial charge on any atom is 0.0601 e. The number of benzene rings is 8. The van der Waals surface area contributed by atoms with Crippen molar-refractivity contribution in [1.82, 2.24) is 0 Å². The molecule has 8 aromatic rings. The number of hydrogen-bond donors (Lipinski definition) is 0. The van der Waals surface area contributed by atoms with E-state index in [4.69, 9.17) is 0 Å². The summed E-state index contributed by atoms with van der Waals surface area (Å²) in [5.41, 5.74) is 18.0. The first-order chi connectivity index (χ1) is 31.1. The highest BCUT2D eigenvalue weighted by atomic mass is 32.2. The van der Waals surface area contributed by atoms with Crippen LogP contribution in [-0.4, -0.2) is 0 Å². The van der Waals surface area contributed by atoms with Crippen LogP contribution in [0.5, 0.6) is 0 Å². The first-order valence-electron chi connectivity index (χ1n) is 21.9. The number of anilines is 5. The Hall–Kier alpha value is -6.72. The number of hydrogen-bond acceptors (Lipinski definition) is 4. The zero-order valence-corrected chi connectivity index (χ0v) is 36.7. The maximum absolute atomic E-state index is 3.96. The molecule has 0 saturated carbocycles. The summed E-state index contributed by atoms with van der Waals surface area (Å²) in [6.07, 6.45) is 13.9. The Kier molecular flexibility index (Phi) is 9.21. The molecule has 4 aliphatic rings. The van der Waals surface area contributed by atoms with Gasteiger partial charge >= 0.3 is 0 Å². The summed E-state index contributed by atoms with van der Waals surface area (Å²) in [6, 6.07) is 63.4. The van der Waals surface area contributed by atoms with Crippen LogP contribution in [0.1, 0.15) is 46.7 Å². The highest BCUT2D eigenvalue weighted by Gasteiger charge is 2.47. The molecule has 2 nitrogen and oxygen atoms in total. The fourth-order valence-corrected chi connectivity index (χ4v) is 12.6. The molecular weight excluding hydrogens is 801 g/mol. The molecule has 0 radical (unpaired) electrons. The number of para-hydroxylation sites is 3. The van der Waals surface area contributed by atoms with E-state index in [1.807, 2.05) is 29.6 Å². The van der Waals surface area contributed by atoms with Gasteiger partial charge < -0.3 is 9.80 Å². The average Bonchev–Trinajstić information content (AvgIpc) is 3.84. The smallest absolute Gasteiger partial charge is 0.0601 e. The third kappa shape index (κ3) is 6.19. The highest BCUT2D eigenvalue weighted by molar-refractivity contribution is 8.03. The van der Waals surface area contributed by atoms with Crippen LogP contribution in [0.15, 0.2) is 220 Å². The van der Waals surface area contributed by atoms with Gasteiger partial charge in [0.1, 0.15) is 0 Å². The Morgan fingerprint density at radius 3 is 1.83 bits per heavy atom. The molecule has 1 spiro atoms. The molecular formula is C59H44N2S2. The number of rotatable bonds is 7. The second kappa shape index (κ2) is 15.3. The molecule has 0 bridgehead atoms. The first-order valence-corrected chi connectivity index (χ1v) is 23.5. The minimum absolute atomic E-state index is 0.154. The van der Waals surface area contributed by atoms with Gasteiger partial charge in [0.2, 0.25) is 0 Å². The lowest BCUT2D eigenvalue weighted by atomic mass is 9.75. The summed E-state index contributed by atoms with van der Waals surface area (Å²) in [6.45, 7) is 6.19. The summed E-state index contributed by atoms with van der Waals surface area (Å²) in [4.78, 5) is 10.0. The molecule has 302 valence electrons. The lowest BCUT2D eigenvalue weighted by Crippen LogP contribution is -2.26. The van der Waals surface area contributed by atoms with E-state index in [1.165, 1.54) is 109 Å². The van der Waals surface area contributed by atoms with Crippen LogP contribution >= 0.6 is 23.5 Å². The van der Waals surface area contributed by atoms with Crippen LogP contribution in [0.2, 0.25) is 0 Å². The lowest BCUT2D eigenvalue weighted by molar-refractivity contribution is 0.563. The van der Waals surface area contributed by atoms with Crippen LogP contribution in [0.3, 0.4) is 0 Å². The van der Waals surface area contributed by atoms with Crippen molar-refractivity contribution in [3.05, 3.63) is 239 Å². The van der Waals surface area contributed by atoms with Crippen LogP contribution < -0.4 is 9.80 Å². The van der Waals surface area contributed by atoms with Crippen LogP contribution in [0.25, 0.3) is 34.1 Å². The highest BCUT2D eigenvalue weighted by Crippen LogP contribution is 2.58. The molecule has 2 aliphatic heterocycles. The largest absolute Gasteiger partial charge is 0.308 e. The van der Waals surface area contributed by atoms with Crippen molar-refractivity contribution < 1.29 is 0 Å². The van der Waals surface area contributed by atoms with Crippen LogP contribution in [0.4, 0.5) is 28.4 Å². The zero-order chi connectivity index (χ0) is 42.1. The maximum atomic E-state index is 3.96. The van der Waals surface area contributed by atoms with Gasteiger partial charge in [0.05, 0.1) is 28.4 Å². The lowest BCUT2D eigenvalue weighted by Gasteiger charge is -2.34. The Balaban J connectivity index is 0.946. The van der Waals surface area contributed by atoms with E-state index in [-0.39, 0.29) is 5.41 Å². The summed E-state index contributed by atoms with van der Waals surface area (Å²) >= 11 is 3.71. The van der Waals surface area contributed by atoms with Crippen molar-refractivity contribution in [2.24, 2.45) is 0 Å². The molecule has 0 fully saturated rings. The Bertz CT molecular complexity index is 3210. The number of nitrogens with zero attached hydrogens (tertiary/aromatic N) is 2. The SMILES string of the molecule is C=CC/C=C\C1=C(C)Sc2ccccc2N1c1ccc(/C=C/c2ccc3c(c2)C2(Cc4ccccc4C2)c2cc(N4c5ccccc5Sc5ccccc54)ccc2-3)c2ccccc12. The monoisotopic (exact) mass is 844 g/mol. The fraction of sp³-hybridized carbons (Fsp3) is 0.0847. The zero-order valence-electron chi connectivity index (χ0n) is 35.1. The van der Waals surface area contributed by atoms with E-state index >= 15 is 0 Å². The van der Waals surface area contributed by atoms with Crippen LogP contribution in [-0.2, 0) is 18.3 Å². The van der Waals surface area contributed by atoms with Gasteiger partial charge in [-0.1, -0.05) is 163 Å².